The second kappa shape index (κ2) is 15.0. The lowest BCUT2D eigenvalue weighted by Gasteiger charge is -2.10. The summed E-state index contributed by atoms with van der Waals surface area (Å²) in [7, 11) is -3.27. The summed E-state index contributed by atoms with van der Waals surface area (Å²) in [5.41, 5.74) is 2.68. The summed E-state index contributed by atoms with van der Waals surface area (Å²) >= 11 is 17.0. The highest BCUT2D eigenvalue weighted by molar-refractivity contribution is 9.10. The first-order valence-corrected chi connectivity index (χ1v) is 17.2. The fourth-order valence-electron chi connectivity index (χ4n) is 4.17. The van der Waals surface area contributed by atoms with E-state index in [4.69, 9.17) is 42.8 Å². The third-order valence-corrected chi connectivity index (χ3v) is 9.97. The van der Waals surface area contributed by atoms with E-state index in [1.54, 1.807) is 77.5 Å². The molecule has 0 unspecified atom stereocenters. The van der Waals surface area contributed by atoms with Crippen molar-refractivity contribution in [2.75, 3.05) is 7.11 Å². The molecular formula is C30H21BrCl2F2N3O6PS. The molecule has 5 aromatic rings. The maximum absolute atomic E-state index is 12.6. The Morgan fingerprint density at radius 1 is 0.978 bits per heavy atom. The van der Waals surface area contributed by atoms with E-state index in [2.05, 4.69) is 25.4 Å². The fourth-order valence-corrected chi connectivity index (χ4v) is 6.97. The van der Waals surface area contributed by atoms with Crippen LogP contribution >= 0.6 is 58.1 Å². The molecule has 0 amide bonds. The maximum atomic E-state index is 12.6. The number of esters is 1. The van der Waals surface area contributed by atoms with Crippen LogP contribution < -0.4 is 9.54 Å². The molecule has 0 fully saturated rings. The number of ether oxygens (including phenoxy) is 2. The molecule has 5 rings (SSSR count). The Balaban J connectivity index is 1.49. The van der Waals surface area contributed by atoms with E-state index in [9.17, 15) is 18.4 Å². The van der Waals surface area contributed by atoms with E-state index in [1.807, 2.05) is 12.1 Å². The van der Waals surface area contributed by atoms with Crippen LogP contribution in [0.25, 0.3) is 10.6 Å². The van der Waals surface area contributed by atoms with Gasteiger partial charge in [0.05, 0.1) is 41.1 Å². The van der Waals surface area contributed by atoms with Gasteiger partial charge in [-0.2, -0.15) is 5.10 Å². The first-order chi connectivity index (χ1) is 22.1. The van der Waals surface area contributed by atoms with Crippen molar-refractivity contribution in [2.45, 2.75) is 12.7 Å². The Labute approximate surface area is 283 Å². The predicted octanol–water partition coefficient (Wildman–Crippen LogP) is 10.0. The second-order valence-corrected chi connectivity index (χ2v) is 14.0. The minimum atomic E-state index is -4.58. The summed E-state index contributed by atoms with van der Waals surface area (Å²) in [4.78, 5) is 17.2. The largest absolute Gasteiger partial charge is 0.465 e. The Morgan fingerprint density at radius 3 is 2.41 bits per heavy atom. The molecule has 0 saturated carbocycles. The first kappa shape index (κ1) is 33.9. The number of hydrogen-bond acceptors (Lipinski definition) is 9. The summed E-state index contributed by atoms with van der Waals surface area (Å²) < 4.78 is 56.6. The predicted molar refractivity (Wildman–Crippen MR) is 174 cm³/mol. The van der Waals surface area contributed by atoms with Crippen LogP contribution in [0.5, 0.6) is 11.5 Å². The molecule has 0 radical (unpaired) electrons. The summed E-state index contributed by atoms with van der Waals surface area (Å²) in [6, 6.07) is 23.8. The van der Waals surface area contributed by atoms with Gasteiger partial charge in [0.2, 0.25) is 4.80 Å². The Morgan fingerprint density at radius 2 is 1.72 bits per heavy atom. The third kappa shape index (κ3) is 8.29. The van der Waals surface area contributed by atoms with Crippen molar-refractivity contribution in [2.24, 2.45) is 4.99 Å². The summed E-state index contributed by atoms with van der Waals surface area (Å²) in [6.07, 6.45) is -0.627. The minimum absolute atomic E-state index is 0.239. The standard InChI is InChI=1S/C30H21BrCl2F2N3O6PS/c1-41-29(39)20-5-3-7-24(14-20)42-23-6-2-4-19(13-23)28-37-38(30(46-28)36-22-10-11-26(32)27(33)15-22)16-18-8-9-21(25(31)12-18)17-45(40,43-34)44-35/h2-15H,16-17H2,1H3. The number of halogens is 5. The molecule has 4 aromatic carbocycles. The average molecular weight is 771 g/mol. The van der Waals surface area contributed by atoms with E-state index >= 15 is 0 Å². The van der Waals surface area contributed by atoms with E-state index < -0.39 is 19.7 Å². The SMILES string of the molecule is COC(=O)c1cccc(Oc2cccc(-c3nn(Cc4ccc(CP(=O)(OF)OF)c(Br)c4)c(=Nc4ccc(Cl)c(Cl)c4)s3)c2)c1. The van der Waals surface area contributed by atoms with Crippen LogP contribution in [-0.2, 0) is 31.5 Å². The smallest absolute Gasteiger partial charge is 0.399 e. The van der Waals surface area contributed by atoms with E-state index in [0.29, 0.717) is 52.6 Å². The van der Waals surface area contributed by atoms with E-state index in [0.717, 1.165) is 11.1 Å². The van der Waals surface area contributed by atoms with Gasteiger partial charge in [0.15, 0.2) is 0 Å². The van der Waals surface area contributed by atoms with Crippen molar-refractivity contribution >= 4 is 69.7 Å². The number of rotatable bonds is 11. The van der Waals surface area contributed by atoms with Gasteiger partial charge in [0, 0.05) is 10.0 Å². The topological polar surface area (TPSA) is 101 Å². The van der Waals surface area contributed by atoms with Gasteiger partial charge < -0.3 is 9.47 Å². The first-order valence-electron chi connectivity index (χ1n) is 13.1. The number of methoxy groups -OCH3 is 1. The zero-order valence-electron chi connectivity index (χ0n) is 23.5. The van der Waals surface area contributed by atoms with Crippen LogP contribution in [0.15, 0.2) is 94.4 Å². The molecule has 0 spiro atoms. The van der Waals surface area contributed by atoms with Gasteiger partial charge in [-0.1, -0.05) is 80.8 Å². The lowest BCUT2D eigenvalue weighted by Crippen LogP contribution is -2.17. The van der Waals surface area contributed by atoms with Gasteiger partial charge in [-0.15, -0.1) is 9.46 Å². The summed E-state index contributed by atoms with van der Waals surface area (Å²) in [6.45, 7) is 0.239. The number of benzene rings is 4. The molecule has 0 aliphatic carbocycles. The van der Waals surface area contributed by atoms with Crippen LogP contribution in [0, 0.1) is 0 Å². The number of aromatic nitrogens is 2. The molecule has 1 heterocycles. The molecule has 0 saturated heterocycles. The van der Waals surface area contributed by atoms with Crippen molar-refractivity contribution in [3.63, 3.8) is 0 Å². The lowest BCUT2D eigenvalue weighted by molar-refractivity contribution is -0.0881. The summed E-state index contributed by atoms with van der Waals surface area (Å²) in [5, 5.41) is 6.16. The zero-order chi connectivity index (χ0) is 32.8. The maximum Gasteiger partial charge on any atom is 0.399 e. The zero-order valence-corrected chi connectivity index (χ0v) is 28.3. The van der Waals surface area contributed by atoms with Crippen molar-refractivity contribution in [1.29, 1.82) is 0 Å². The third-order valence-electron chi connectivity index (χ3n) is 6.34. The van der Waals surface area contributed by atoms with Crippen LogP contribution in [0.4, 0.5) is 14.7 Å². The highest BCUT2D eigenvalue weighted by Gasteiger charge is 2.29. The fraction of sp³-hybridized carbons (Fsp3) is 0.100. The minimum Gasteiger partial charge on any atom is -0.465 e. The normalized spacial score (nSPS) is 11.9. The van der Waals surface area contributed by atoms with Gasteiger partial charge in [-0.3, -0.25) is 4.57 Å². The van der Waals surface area contributed by atoms with Crippen molar-refractivity contribution in [3.8, 4) is 22.1 Å². The highest BCUT2D eigenvalue weighted by Crippen LogP contribution is 2.53. The van der Waals surface area contributed by atoms with Gasteiger partial charge >= 0.3 is 13.6 Å². The Hall–Kier alpha value is -3.42. The number of carbonyl (C=O) groups is 1. The number of carbonyl (C=O) groups excluding carboxylic acids is 1. The molecule has 46 heavy (non-hydrogen) atoms. The van der Waals surface area contributed by atoms with Crippen LogP contribution in [0.1, 0.15) is 21.5 Å². The Bertz CT molecular complexity index is 2020. The molecule has 0 aliphatic rings. The van der Waals surface area contributed by atoms with Gasteiger partial charge in [0.25, 0.3) is 0 Å². The van der Waals surface area contributed by atoms with Crippen LogP contribution in [-0.4, -0.2) is 22.9 Å². The molecule has 0 bridgehead atoms. The molecule has 1 aromatic heterocycles. The Kier molecular flexibility index (Phi) is 11.1. The monoisotopic (exact) mass is 769 g/mol. The van der Waals surface area contributed by atoms with Crippen molar-refractivity contribution in [1.82, 2.24) is 9.78 Å². The molecule has 0 aliphatic heterocycles. The number of nitrogens with zero attached hydrogens (tertiary/aromatic N) is 3. The van der Waals surface area contributed by atoms with Gasteiger partial charge in [-0.25, -0.2) is 14.5 Å². The lowest BCUT2D eigenvalue weighted by atomic mass is 10.1. The molecule has 0 N–H and O–H groups in total. The molecule has 0 atom stereocenters. The van der Waals surface area contributed by atoms with Crippen LogP contribution in [0.2, 0.25) is 10.0 Å². The quantitative estimate of drug-likeness (QED) is 0.0974. The van der Waals surface area contributed by atoms with E-state index in [-0.39, 0.29) is 6.54 Å². The molecular weight excluding hydrogens is 750 g/mol. The van der Waals surface area contributed by atoms with Gasteiger partial charge in [0.1, 0.15) is 16.5 Å². The molecule has 16 heteroatoms. The van der Waals surface area contributed by atoms with Crippen molar-refractivity contribution < 1.29 is 37.3 Å². The van der Waals surface area contributed by atoms with Crippen LogP contribution in [0.3, 0.4) is 0 Å². The van der Waals surface area contributed by atoms with Crippen molar-refractivity contribution in [3.05, 3.63) is 121 Å². The second-order valence-electron chi connectivity index (χ2n) is 9.54. The van der Waals surface area contributed by atoms with Gasteiger partial charge in [-0.05, 0) is 74.8 Å². The summed E-state index contributed by atoms with van der Waals surface area (Å²) in [5.74, 6) is 0.482. The average Bonchev–Trinajstić information content (AvgIpc) is 3.45. The molecule has 9 nitrogen and oxygen atoms in total. The number of hydrogen-bond donors (Lipinski definition) is 0. The highest BCUT2D eigenvalue weighted by atomic mass is 79.9. The molecule has 238 valence electrons. The van der Waals surface area contributed by atoms with E-state index in [1.165, 1.54) is 18.4 Å².